The Morgan fingerprint density at radius 1 is 1.22 bits per heavy atom. The molecule has 186 valence electrons. The van der Waals surface area contributed by atoms with Crippen molar-refractivity contribution < 1.29 is 22.7 Å². The molecule has 4 aromatic rings. The number of fused-ring (bicyclic) bond motifs is 2. The number of methoxy groups -OCH3 is 1. The number of anilines is 1. The van der Waals surface area contributed by atoms with Gasteiger partial charge in [0.05, 0.1) is 19.2 Å². The van der Waals surface area contributed by atoms with Gasteiger partial charge in [-0.3, -0.25) is 4.79 Å². The van der Waals surface area contributed by atoms with Crippen LogP contribution in [0.3, 0.4) is 0 Å². The number of hydrogen-bond donors (Lipinski definition) is 2. The van der Waals surface area contributed by atoms with E-state index in [2.05, 4.69) is 15.0 Å². The fourth-order valence-electron chi connectivity index (χ4n) is 4.26. The molecule has 0 spiro atoms. The van der Waals surface area contributed by atoms with E-state index < -0.39 is 34.5 Å². The first kappa shape index (κ1) is 24.0. The second kappa shape index (κ2) is 9.04. The quantitative estimate of drug-likeness (QED) is 0.373. The van der Waals surface area contributed by atoms with E-state index in [1.165, 1.54) is 24.4 Å². The third-order valence-corrected chi connectivity index (χ3v) is 8.09. The average molecular weight is 529 g/mol. The van der Waals surface area contributed by atoms with E-state index in [9.17, 15) is 18.0 Å². The van der Waals surface area contributed by atoms with Crippen molar-refractivity contribution in [1.82, 2.24) is 24.2 Å². The van der Waals surface area contributed by atoms with Crippen molar-refractivity contribution in [2.45, 2.75) is 17.6 Å². The Hall–Kier alpha value is -3.74. The number of rotatable bonds is 5. The number of piperazine rings is 1. The first-order valence-electron chi connectivity index (χ1n) is 10.8. The topological polar surface area (TPSA) is 152 Å². The van der Waals surface area contributed by atoms with Gasteiger partial charge in [0, 0.05) is 34.4 Å². The third kappa shape index (κ3) is 4.23. The van der Waals surface area contributed by atoms with Crippen LogP contribution < -0.4 is 5.73 Å². The molecule has 1 saturated heterocycles. The lowest BCUT2D eigenvalue weighted by Crippen LogP contribution is -2.60. The number of esters is 1. The number of benzene rings is 2. The summed E-state index contributed by atoms with van der Waals surface area (Å²) in [5.41, 5.74) is 7.69. The zero-order valence-corrected chi connectivity index (χ0v) is 20.6. The van der Waals surface area contributed by atoms with Gasteiger partial charge in [0.2, 0.25) is 5.91 Å². The zero-order chi connectivity index (χ0) is 25.6. The molecule has 1 fully saturated rings. The highest BCUT2D eigenvalue weighted by atomic mass is 35.5. The monoisotopic (exact) mass is 528 g/mol. The van der Waals surface area contributed by atoms with Crippen molar-refractivity contribution in [1.29, 1.82) is 0 Å². The van der Waals surface area contributed by atoms with Crippen LogP contribution in [-0.2, 0) is 30.9 Å². The van der Waals surface area contributed by atoms with Gasteiger partial charge in [-0.1, -0.05) is 23.7 Å². The second-order valence-corrected chi connectivity index (χ2v) is 10.7. The summed E-state index contributed by atoms with van der Waals surface area (Å²) in [6.07, 6.45) is 1.34. The third-order valence-electron chi connectivity index (χ3n) is 6.12. The number of amides is 1. The van der Waals surface area contributed by atoms with E-state index in [4.69, 9.17) is 22.1 Å². The van der Waals surface area contributed by atoms with Crippen LogP contribution in [0.4, 0.5) is 5.82 Å². The molecule has 0 unspecified atom stereocenters. The van der Waals surface area contributed by atoms with Crippen molar-refractivity contribution >= 4 is 61.1 Å². The summed E-state index contributed by atoms with van der Waals surface area (Å²) in [5.74, 6) is -0.936. The summed E-state index contributed by atoms with van der Waals surface area (Å²) >= 11 is 6.01. The van der Waals surface area contributed by atoms with Crippen molar-refractivity contribution in [2.24, 2.45) is 0 Å². The number of halogens is 1. The minimum atomic E-state index is -4.13. The fraction of sp³-hybridized carbons (Fsp3) is 0.217. The number of carbonyl (C=O) groups is 2. The van der Waals surface area contributed by atoms with Gasteiger partial charge in [0.15, 0.2) is 0 Å². The molecule has 13 heteroatoms. The number of aromatic nitrogens is 3. The number of aromatic amines is 1. The number of nitrogens with one attached hydrogen (secondary N) is 1. The Balaban J connectivity index is 1.44. The first-order valence-corrected chi connectivity index (χ1v) is 12.6. The van der Waals surface area contributed by atoms with E-state index >= 15 is 0 Å². The number of carbonyl (C=O) groups excluding carboxylic acids is 2. The first-order chi connectivity index (χ1) is 17.2. The number of sulfonamides is 1. The van der Waals surface area contributed by atoms with E-state index in [-0.39, 0.29) is 18.1 Å². The molecule has 2 aromatic heterocycles. The molecule has 0 radical (unpaired) electrons. The largest absolute Gasteiger partial charge is 0.467 e. The number of nitrogens with two attached hydrogens (primary N) is 1. The molecule has 3 N–H and O–H groups in total. The van der Waals surface area contributed by atoms with Gasteiger partial charge in [-0.05, 0) is 35.9 Å². The predicted octanol–water partition coefficient (Wildman–Crippen LogP) is 1.92. The molecule has 0 aliphatic carbocycles. The van der Waals surface area contributed by atoms with Gasteiger partial charge in [-0.2, -0.15) is 4.31 Å². The van der Waals surface area contributed by atoms with Gasteiger partial charge in [0.1, 0.15) is 23.2 Å². The number of ether oxygens (including phenoxy) is 1. The van der Waals surface area contributed by atoms with E-state index in [0.29, 0.717) is 38.2 Å². The molecule has 1 aliphatic rings. The Bertz CT molecular complexity index is 1620. The Morgan fingerprint density at radius 2 is 2.03 bits per heavy atom. The number of nitrogen functional groups attached to an aromatic ring is 1. The molecule has 1 amide bonds. The maximum Gasteiger partial charge on any atom is 0.329 e. The molecule has 36 heavy (non-hydrogen) atoms. The van der Waals surface area contributed by atoms with Gasteiger partial charge in [-0.15, -0.1) is 0 Å². The lowest BCUT2D eigenvalue weighted by molar-refractivity contribution is -0.157. The molecule has 3 heterocycles. The van der Waals surface area contributed by atoms with E-state index in [1.807, 2.05) is 0 Å². The lowest BCUT2D eigenvalue weighted by Gasteiger charge is -2.38. The standard InChI is InChI=1S/C23H21ClN6O5S/c1-35-23(32)19-10-29(36(33,34)20-7-14-3-4-15(24)8-17(14)28-20)11-21(31)30(19)9-13-2-5-16-18(6-13)26-12-27-22(16)25/h2-8,12,19,28H,9-11H2,1H3,(H2,25,26,27)/t19-/m0/s1. The van der Waals surface area contributed by atoms with Crippen LogP contribution in [0, 0.1) is 0 Å². The summed E-state index contributed by atoms with van der Waals surface area (Å²) < 4.78 is 32.7. The Morgan fingerprint density at radius 3 is 2.81 bits per heavy atom. The van der Waals surface area contributed by atoms with E-state index in [1.54, 1.807) is 36.4 Å². The Labute approximate surface area is 210 Å². The van der Waals surface area contributed by atoms with Gasteiger partial charge >= 0.3 is 5.97 Å². The summed E-state index contributed by atoms with van der Waals surface area (Å²) in [4.78, 5) is 38.2. The molecule has 11 nitrogen and oxygen atoms in total. The minimum Gasteiger partial charge on any atom is -0.467 e. The molecule has 0 bridgehead atoms. The van der Waals surface area contributed by atoms with Crippen LogP contribution in [-0.4, -0.2) is 70.7 Å². The average Bonchev–Trinajstić information content (AvgIpc) is 3.29. The highest BCUT2D eigenvalue weighted by molar-refractivity contribution is 7.89. The van der Waals surface area contributed by atoms with Gasteiger partial charge in [0.25, 0.3) is 10.0 Å². The number of hydrogen-bond acceptors (Lipinski definition) is 8. The predicted molar refractivity (Wildman–Crippen MR) is 132 cm³/mol. The van der Waals surface area contributed by atoms with Crippen molar-refractivity contribution in [2.75, 3.05) is 25.9 Å². The fourth-order valence-corrected chi connectivity index (χ4v) is 5.84. The van der Waals surface area contributed by atoms with Crippen molar-refractivity contribution in [3.8, 4) is 0 Å². The van der Waals surface area contributed by atoms with Gasteiger partial charge in [-0.25, -0.2) is 23.2 Å². The van der Waals surface area contributed by atoms with Crippen LogP contribution in [0.25, 0.3) is 21.8 Å². The molecule has 1 aliphatic heterocycles. The molecule has 1 atom stereocenters. The molecular weight excluding hydrogens is 508 g/mol. The van der Waals surface area contributed by atoms with Crippen LogP contribution in [0.5, 0.6) is 0 Å². The van der Waals surface area contributed by atoms with Crippen LogP contribution in [0.15, 0.2) is 53.8 Å². The summed E-state index contributed by atoms with van der Waals surface area (Å²) in [7, 11) is -2.94. The number of nitrogens with zero attached hydrogens (tertiary/aromatic N) is 4. The molecule has 2 aromatic carbocycles. The maximum absolute atomic E-state index is 13.4. The molecule has 0 saturated carbocycles. The Kier molecular flexibility index (Phi) is 6.02. The van der Waals surface area contributed by atoms with Crippen molar-refractivity contribution in [3.05, 3.63) is 59.4 Å². The molecule has 5 rings (SSSR count). The van der Waals surface area contributed by atoms with Gasteiger partial charge < -0.3 is 20.4 Å². The molecular formula is C23H21ClN6O5S. The highest BCUT2D eigenvalue weighted by Crippen LogP contribution is 2.27. The minimum absolute atomic E-state index is 0.0528. The summed E-state index contributed by atoms with van der Waals surface area (Å²) in [6.45, 7) is -0.647. The summed E-state index contributed by atoms with van der Waals surface area (Å²) in [5, 5.41) is 1.66. The van der Waals surface area contributed by atoms with E-state index in [0.717, 1.165) is 4.31 Å². The van der Waals surface area contributed by atoms with Crippen LogP contribution in [0.1, 0.15) is 5.56 Å². The maximum atomic E-state index is 13.4. The SMILES string of the molecule is COC(=O)[C@@H]1CN(S(=O)(=O)c2cc3ccc(Cl)cc3[nH]2)CC(=O)N1Cc1ccc2c(N)ncnc2c1. The zero-order valence-electron chi connectivity index (χ0n) is 19.0. The normalized spacial score (nSPS) is 17.1. The van der Waals surface area contributed by atoms with Crippen molar-refractivity contribution in [3.63, 3.8) is 0 Å². The van der Waals surface area contributed by atoms with Crippen LogP contribution >= 0.6 is 11.6 Å². The summed E-state index contributed by atoms with van der Waals surface area (Å²) in [6, 6.07) is 10.5. The smallest absolute Gasteiger partial charge is 0.329 e. The van der Waals surface area contributed by atoms with Crippen LogP contribution in [0.2, 0.25) is 5.02 Å². The second-order valence-electron chi connectivity index (χ2n) is 8.33. The highest BCUT2D eigenvalue weighted by Gasteiger charge is 2.42. The lowest BCUT2D eigenvalue weighted by atomic mass is 10.1. The number of H-pyrrole nitrogens is 1.